The van der Waals surface area contributed by atoms with Crippen molar-refractivity contribution >= 4 is 29.6 Å². The van der Waals surface area contributed by atoms with Crippen molar-refractivity contribution in [3.8, 4) is 0 Å². The first kappa shape index (κ1) is 21.1. The van der Waals surface area contributed by atoms with Crippen molar-refractivity contribution in [3.63, 3.8) is 0 Å². The van der Waals surface area contributed by atoms with Crippen LogP contribution < -0.4 is 10.2 Å². The average Bonchev–Trinajstić information content (AvgIpc) is 3.02. The molecule has 31 heavy (non-hydrogen) atoms. The van der Waals surface area contributed by atoms with Gasteiger partial charge in [0.1, 0.15) is 17.5 Å². The highest BCUT2D eigenvalue weighted by molar-refractivity contribution is 6.05. The van der Waals surface area contributed by atoms with E-state index >= 15 is 0 Å². The van der Waals surface area contributed by atoms with Gasteiger partial charge in [-0.1, -0.05) is 0 Å². The zero-order valence-corrected chi connectivity index (χ0v) is 18.0. The van der Waals surface area contributed by atoms with Gasteiger partial charge in [0.15, 0.2) is 0 Å². The highest BCUT2D eigenvalue weighted by atomic mass is 16.6. The molecule has 4 rings (SSSR count). The van der Waals surface area contributed by atoms with Crippen LogP contribution in [0, 0.1) is 0 Å². The fourth-order valence-electron chi connectivity index (χ4n) is 4.07. The van der Waals surface area contributed by atoms with E-state index in [0.717, 1.165) is 11.4 Å². The van der Waals surface area contributed by atoms with E-state index in [1.54, 1.807) is 11.1 Å². The minimum Gasteiger partial charge on any atom is -0.444 e. The number of nitrogens with zero attached hydrogens (tertiary/aromatic N) is 4. The van der Waals surface area contributed by atoms with Crippen LogP contribution in [-0.4, -0.2) is 76.4 Å². The summed E-state index contributed by atoms with van der Waals surface area (Å²) >= 11 is 0. The molecule has 0 radical (unpaired) electrons. The Labute approximate surface area is 180 Å². The molecule has 2 fully saturated rings. The molecule has 0 spiro atoms. The van der Waals surface area contributed by atoms with Crippen LogP contribution in [0.15, 0.2) is 12.3 Å². The maximum Gasteiger partial charge on any atom is 0.410 e. The van der Waals surface area contributed by atoms with Crippen molar-refractivity contribution in [2.24, 2.45) is 0 Å². The van der Waals surface area contributed by atoms with E-state index in [1.165, 1.54) is 4.90 Å². The predicted octanol–water partition coefficient (Wildman–Crippen LogP) is 0.900. The topological polar surface area (TPSA) is 112 Å². The van der Waals surface area contributed by atoms with Gasteiger partial charge in [0.25, 0.3) is 5.91 Å². The number of piperazine rings is 1. The van der Waals surface area contributed by atoms with E-state index in [2.05, 4.69) is 15.2 Å². The highest BCUT2D eigenvalue weighted by Crippen LogP contribution is 2.29. The third-order valence-corrected chi connectivity index (χ3v) is 5.65. The smallest absolute Gasteiger partial charge is 0.410 e. The molecule has 1 aromatic rings. The van der Waals surface area contributed by atoms with Crippen molar-refractivity contribution in [1.82, 2.24) is 20.1 Å². The van der Waals surface area contributed by atoms with Gasteiger partial charge in [-0.25, -0.2) is 9.78 Å². The molecule has 0 saturated carbocycles. The number of pyridine rings is 1. The van der Waals surface area contributed by atoms with E-state index in [1.807, 2.05) is 26.8 Å². The highest BCUT2D eigenvalue weighted by Gasteiger charge is 2.39. The Kier molecular flexibility index (Phi) is 5.32. The Hall–Kier alpha value is -3.17. The summed E-state index contributed by atoms with van der Waals surface area (Å²) in [6.07, 6.45) is 1.79. The standard InChI is InChI=1S/C21H27N5O5/c1-21(2,3)31-20(30)25-8-6-24(7-9-25)16-10-13-12-26(19(29)14(13)11-22-16)15-4-5-17(27)23-18(15)28/h10-11,15H,4-9,12H2,1-3H3,(H,23,27,28). The summed E-state index contributed by atoms with van der Waals surface area (Å²) in [5.41, 5.74) is 0.770. The number of nitrogens with one attached hydrogen (secondary N) is 1. The third-order valence-electron chi connectivity index (χ3n) is 5.65. The van der Waals surface area contributed by atoms with Crippen molar-refractivity contribution in [2.45, 2.75) is 51.8 Å². The van der Waals surface area contributed by atoms with Gasteiger partial charge < -0.3 is 19.4 Å². The number of imide groups is 1. The zero-order valence-electron chi connectivity index (χ0n) is 18.0. The van der Waals surface area contributed by atoms with E-state index in [-0.39, 0.29) is 24.3 Å². The Bertz CT molecular complexity index is 933. The van der Waals surface area contributed by atoms with Crippen molar-refractivity contribution in [2.75, 3.05) is 31.1 Å². The number of hydrogen-bond donors (Lipinski definition) is 1. The number of anilines is 1. The summed E-state index contributed by atoms with van der Waals surface area (Å²) in [6.45, 7) is 8.10. The average molecular weight is 429 g/mol. The second-order valence-electron chi connectivity index (χ2n) is 9.05. The van der Waals surface area contributed by atoms with Crippen LogP contribution in [0.25, 0.3) is 0 Å². The number of hydrogen-bond acceptors (Lipinski definition) is 7. The summed E-state index contributed by atoms with van der Waals surface area (Å²) in [5, 5.41) is 2.31. The number of amides is 4. The van der Waals surface area contributed by atoms with Crippen molar-refractivity contribution < 1.29 is 23.9 Å². The Morgan fingerprint density at radius 3 is 2.52 bits per heavy atom. The Balaban J connectivity index is 1.41. The normalized spacial score (nSPS) is 21.8. The predicted molar refractivity (Wildman–Crippen MR) is 110 cm³/mol. The lowest BCUT2D eigenvalue weighted by atomic mass is 10.0. The lowest BCUT2D eigenvalue weighted by molar-refractivity contribution is -0.136. The lowest BCUT2D eigenvalue weighted by Crippen LogP contribution is -2.52. The summed E-state index contributed by atoms with van der Waals surface area (Å²) in [4.78, 5) is 58.4. The maximum absolute atomic E-state index is 12.8. The summed E-state index contributed by atoms with van der Waals surface area (Å²) in [5.74, 6) is -0.234. The molecule has 3 aliphatic rings. The number of fused-ring (bicyclic) bond motifs is 1. The Morgan fingerprint density at radius 2 is 1.87 bits per heavy atom. The first-order valence-corrected chi connectivity index (χ1v) is 10.5. The molecule has 10 heteroatoms. The van der Waals surface area contributed by atoms with Gasteiger partial charge >= 0.3 is 6.09 Å². The van der Waals surface area contributed by atoms with Crippen LogP contribution in [0.4, 0.5) is 10.6 Å². The molecule has 4 amide bonds. The quantitative estimate of drug-likeness (QED) is 0.695. The molecular formula is C21H27N5O5. The van der Waals surface area contributed by atoms with Crippen LogP contribution in [-0.2, 0) is 20.9 Å². The van der Waals surface area contributed by atoms with Crippen LogP contribution in [0.3, 0.4) is 0 Å². The van der Waals surface area contributed by atoms with E-state index in [0.29, 0.717) is 44.7 Å². The van der Waals surface area contributed by atoms with Gasteiger partial charge in [0, 0.05) is 45.3 Å². The van der Waals surface area contributed by atoms with E-state index in [4.69, 9.17) is 4.74 Å². The van der Waals surface area contributed by atoms with Crippen LogP contribution in [0.1, 0.15) is 49.5 Å². The fraction of sp³-hybridized carbons (Fsp3) is 0.571. The number of carbonyl (C=O) groups excluding carboxylic acids is 4. The van der Waals surface area contributed by atoms with Crippen molar-refractivity contribution in [1.29, 1.82) is 0 Å². The van der Waals surface area contributed by atoms with Crippen LogP contribution in [0.5, 0.6) is 0 Å². The molecule has 0 bridgehead atoms. The number of carbonyl (C=O) groups is 4. The third kappa shape index (κ3) is 4.33. The number of ether oxygens (including phenoxy) is 1. The van der Waals surface area contributed by atoms with Gasteiger partial charge in [0.2, 0.25) is 11.8 Å². The van der Waals surface area contributed by atoms with Gasteiger partial charge in [-0.15, -0.1) is 0 Å². The molecule has 3 aliphatic heterocycles. The second kappa shape index (κ2) is 7.82. The lowest BCUT2D eigenvalue weighted by Gasteiger charge is -2.36. The monoisotopic (exact) mass is 429 g/mol. The van der Waals surface area contributed by atoms with Gasteiger partial charge in [-0.3, -0.25) is 19.7 Å². The van der Waals surface area contributed by atoms with E-state index < -0.39 is 17.6 Å². The molecule has 1 atom stereocenters. The minimum absolute atomic E-state index is 0.224. The molecule has 1 aromatic heterocycles. The van der Waals surface area contributed by atoms with E-state index in [9.17, 15) is 19.2 Å². The van der Waals surface area contributed by atoms with Crippen LogP contribution >= 0.6 is 0 Å². The van der Waals surface area contributed by atoms with Gasteiger partial charge in [0.05, 0.1) is 5.56 Å². The van der Waals surface area contributed by atoms with Gasteiger partial charge in [-0.05, 0) is 38.8 Å². The molecule has 166 valence electrons. The fourth-order valence-corrected chi connectivity index (χ4v) is 4.07. The molecule has 0 aliphatic carbocycles. The first-order chi connectivity index (χ1) is 14.6. The van der Waals surface area contributed by atoms with Crippen LogP contribution in [0.2, 0.25) is 0 Å². The molecule has 10 nitrogen and oxygen atoms in total. The molecule has 1 N–H and O–H groups in total. The molecule has 1 unspecified atom stereocenters. The minimum atomic E-state index is -0.640. The molecule has 4 heterocycles. The summed E-state index contributed by atoms with van der Waals surface area (Å²) < 4.78 is 5.43. The molecular weight excluding hydrogens is 402 g/mol. The number of piperidine rings is 1. The summed E-state index contributed by atoms with van der Waals surface area (Å²) in [7, 11) is 0. The molecule has 0 aromatic carbocycles. The van der Waals surface area contributed by atoms with Gasteiger partial charge in [-0.2, -0.15) is 0 Å². The number of rotatable bonds is 2. The largest absolute Gasteiger partial charge is 0.444 e. The molecule has 2 saturated heterocycles. The Morgan fingerprint density at radius 1 is 1.16 bits per heavy atom. The van der Waals surface area contributed by atoms with Crippen molar-refractivity contribution in [3.05, 3.63) is 23.4 Å². The summed E-state index contributed by atoms with van der Waals surface area (Å²) in [6, 6.07) is 1.24. The number of aromatic nitrogens is 1. The zero-order chi connectivity index (χ0) is 22.3. The maximum atomic E-state index is 12.8. The second-order valence-corrected chi connectivity index (χ2v) is 9.05. The SMILES string of the molecule is CC(C)(C)OC(=O)N1CCN(c2cc3c(cn2)C(=O)N(C2CCC(=O)NC2=O)C3)CC1. The first-order valence-electron chi connectivity index (χ1n) is 10.5.